The number of hydrogen-bond acceptors (Lipinski definition) is 6. The lowest BCUT2D eigenvalue weighted by molar-refractivity contribution is 0.0468. The highest BCUT2D eigenvalue weighted by atomic mass is 32.1. The highest BCUT2D eigenvalue weighted by Crippen LogP contribution is 2.26. The third kappa shape index (κ3) is 3.18. The highest BCUT2D eigenvalue weighted by molar-refractivity contribution is 7.14. The number of aromatic hydroxyl groups is 1. The Morgan fingerprint density at radius 1 is 1.32 bits per heavy atom. The van der Waals surface area contributed by atoms with E-state index in [-0.39, 0.29) is 12.4 Å². The second kappa shape index (κ2) is 6.29. The topological polar surface area (TPSA) is 59.4 Å². The van der Waals surface area contributed by atoms with Crippen molar-refractivity contribution >= 4 is 28.6 Å². The van der Waals surface area contributed by atoms with Crippen molar-refractivity contribution in [2.45, 2.75) is 13.5 Å². The van der Waals surface area contributed by atoms with Crippen LogP contribution in [0.5, 0.6) is 5.75 Å². The van der Waals surface area contributed by atoms with Crippen molar-refractivity contribution < 1.29 is 14.6 Å². The molecule has 0 saturated heterocycles. The molecule has 2 heterocycles. The van der Waals surface area contributed by atoms with Gasteiger partial charge in [-0.3, -0.25) is 0 Å². The van der Waals surface area contributed by atoms with E-state index in [1.54, 1.807) is 30.4 Å². The first-order valence-corrected chi connectivity index (χ1v) is 8.39. The summed E-state index contributed by atoms with van der Waals surface area (Å²) in [5.41, 5.74) is 2.85. The van der Waals surface area contributed by atoms with Gasteiger partial charge in [0.25, 0.3) is 0 Å². The van der Waals surface area contributed by atoms with E-state index in [2.05, 4.69) is 4.98 Å². The van der Waals surface area contributed by atoms with E-state index in [9.17, 15) is 9.90 Å². The third-order valence-corrected chi connectivity index (χ3v) is 4.74. The number of nitrogens with zero attached hydrogens (tertiary/aromatic N) is 1. The molecule has 3 rings (SSSR count). The Kier molecular flexibility index (Phi) is 4.22. The van der Waals surface area contributed by atoms with Crippen molar-refractivity contribution in [1.82, 2.24) is 4.98 Å². The number of phenols is 1. The lowest BCUT2D eigenvalue weighted by atomic mass is 10.1. The Bertz CT molecular complexity index is 794. The van der Waals surface area contributed by atoms with Gasteiger partial charge in [-0.2, -0.15) is 11.3 Å². The molecular formula is C16H13NO3S2. The number of carbonyl (C=O) groups excluding carboxylic acids is 1. The standard InChI is InChI=1S/C16H13NO3S2/c1-10-2-3-11(6-14(10)18)16(19)20-7-13-9-22-15(17-13)12-4-5-21-8-12/h2-6,8-9,18H,7H2,1H3. The Morgan fingerprint density at radius 2 is 2.18 bits per heavy atom. The van der Waals surface area contributed by atoms with Crippen molar-refractivity contribution in [3.8, 4) is 16.3 Å². The lowest BCUT2D eigenvalue weighted by Crippen LogP contribution is -2.05. The molecule has 0 spiro atoms. The molecule has 0 amide bonds. The molecule has 0 radical (unpaired) electrons. The van der Waals surface area contributed by atoms with Crippen molar-refractivity contribution in [1.29, 1.82) is 0 Å². The number of aromatic nitrogens is 1. The normalized spacial score (nSPS) is 10.6. The molecule has 3 aromatic rings. The van der Waals surface area contributed by atoms with Crippen LogP contribution in [0.1, 0.15) is 21.6 Å². The van der Waals surface area contributed by atoms with Gasteiger partial charge in [0.1, 0.15) is 17.4 Å². The highest BCUT2D eigenvalue weighted by Gasteiger charge is 2.11. The summed E-state index contributed by atoms with van der Waals surface area (Å²) in [5.74, 6) is -0.386. The molecule has 0 atom stereocenters. The zero-order valence-corrected chi connectivity index (χ0v) is 13.4. The van der Waals surface area contributed by atoms with Crippen LogP contribution in [0.4, 0.5) is 0 Å². The van der Waals surface area contributed by atoms with Gasteiger partial charge in [-0.15, -0.1) is 11.3 Å². The number of hydrogen-bond donors (Lipinski definition) is 1. The van der Waals surface area contributed by atoms with Gasteiger partial charge in [-0.25, -0.2) is 9.78 Å². The van der Waals surface area contributed by atoms with E-state index in [0.717, 1.165) is 21.8 Å². The van der Waals surface area contributed by atoms with Crippen LogP contribution in [-0.4, -0.2) is 16.1 Å². The Labute approximate surface area is 135 Å². The van der Waals surface area contributed by atoms with Gasteiger partial charge in [-0.1, -0.05) is 6.07 Å². The molecule has 0 aliphatic heterocycles. The Hall–Kier alpha value is -2.18. The summed E-state index contributed by atoms with van der Waals surface area (Å²) in [5, 5.41) is 16.5. The van der Waals surface area contributed by atoms with E-state index in [1.807, 2.05) is 22.2 Å². The summed E-state index contributed by atoms with van der Waals surface area (Å²) in [6.45, 7) is 1.89. The molecule has 1 aromatic carbocycles. The van der Waals surface area contributed by atoms with Gasteiger partial charge in [-0.05, 0) is 36.1 Å². The molecule has 22 heavy (non-hydrogen) atoms. The zero-order valence-electron chi connectivity index (χ0n) is 11.8. The van der Waals surface area contributed by atoms with E-state index in [0.29, 0.717) is 5.56 Å². The van der Waals surface area contributed by atoms with Gasteiger partial charge in [0, 0.05) is 16.3 Å². The number of phenolic OH excluding ortho intramolecular Hbond substituents is 1. The number of carbonyl (C=O) groups is 1. The molecule has 0 unspecified atom stereocenters. The minimum atomic E-state index is -0.472. The van der Waals surface area contributed by atoms with Crippen LogP contribution >= 0.6 is 22.7 Å². The summed E-state index contributed by atoms with van der Waals surface area (Å²) in [4.78, 5) is 16.4. The molecule has 0 saturated carbocycles. The van der Waals surface area contributed by atoms with Crippen LogP contribution < -0.4 is 0 Å². The molecule has 6 heteroatoms. The summed E-state index contributed by atoms with van der Waals surface area (Å²) in [6.07, 6.45) is 0. The number of thiophene rings is 1. The van der Waals surface area contributed by atoms with Crippen LogP contribution in [0, 0.1) is 6.92 Å². The van der Waals surface area contributed by atoms with Crippen molar-refractivity contribution in [3.63, 3.8) is 0 Å². The number of esters is 1. The second-order valence-corrected chi connectivity index (χ2v) is 6.37. The van der Waals surface area contributed by atoms with Crippen LogP contribution in [0.25, 0.3) is 10.6 Å². The monoisotopic (exact) mass is 331 g/mol. The molecule has 4 nitrogen and oxygen atoms in total. The first kappa shape index (κ1) is 14.7. The summed E-state index contributed by atoms with van der Waals surface area (Å²) in [7, 11) is 0. The van der Waals surface area contributed by atoms with Crippen molar-refractivity contribution in [2.75, 3.05) is 0 Å². The fourth-order valence-electron chi connectivity index (χ4n) is 1.85. The fourth-order valence-corrected chi connectivity index (χ4v) is 3.37. The smallest absolute Gasteiger partial charge is 0.338 e. The molecule has 0 fully saturated rings. The minimum absolute atomic E-state index is 0.0860. The van der Waals surface area contributed by atoms with E-state index >= 15 is 0 Å². The number of aryl methyl sites for hydroxylation is 1. The number of thiazole rings is 1. The molecular weight excluding hydrogens is 318 g/mol. The predicted molar refractivity (Wildman–Crippen MR) is 87.4 cm³/mol. The fraction of sp³-hybridized carbons (Fsp3) is 0.125. The SMILES string of the molecule is Cc1ccc(C(=O)OCc2csc(-c3ccsc3)n2)cc1O. The third-order valence-electron chi connectivity index (χ3n) is 3.12. The minimum Gasteiger partial charge on any atom is -0.508 e. The second-order valence-electron chi connectivity index (χ2n) is 4.73. The van der Waals surface area contributed by atoms with E-state index < -0.39 is 5.97 Å². The number of benzene rings is 1. The predicted octanol–water partition coefficient (Wildman–Crippen LogP) is 4.24. The molecule has 1 N–H and O–H groups in total. The number of rotatable bonds is 4. The van der Waals surface area contributed by atoms with Crippen LogP contribution in [0.15, 0.2) is 40.4 Å². The summed E-state index contributed by atoms with van der Waals surface area (Å²) in [6, 6.07) is 6.74. The number of ether oxygens (including phenoxy) is 1. The average molecular weight is 331 g/mol. The molecule has 0 aliphatic rings. The summed E-state index contributed by atoms with van der Waals surface area (Å²) >= 11 is 3.14. The van der Waals surface area contributed by atoms with Crippen LogP contribution in [0.3, 0.4) is 0 Å². The van der Waals surface area contributed by atoms with Crippen LogP contribution in [0.2, 0.25) is 0 Å². The largest absolute Gasteiger partial charge is 0.508 e. The Balaban J connectivity index is 1.65. The van der Waals surface area contributed by atoms with Gasteiger partial charge >= 0.3 is 5.97 Å². The Morgan fingerprint density at radius 3 is 2.91 bits per heavy atom. The molecule has 2 aromatic heterocycles. The molecule has 112 valence electrons. The molecule has 0 aliphatic carbocycles. The first-order valence-electron chi connectivity index (χ1n) is 6.57. The van der Waals surface area contributed by atoms with Crippen LogP contribution in [-0.2, 0) is 11.3 Å². The van der Waals surface area contributed by atoms with Crippen molar-refractivity contribution in [3.05, 3.63) is 57.2 Å². The lowest BCUT2D eigenvalue weighted by Gasteiger charge is -2.04. The van der Waals surface area contributed by atoms with Gasteiger partial charge in [0.05, 0.1) is 11.3 Å². The van der Waals surface area contributed by atoms with Gasteiger partial charge in [0.2, 0.25) is 0 Å². The maximum Gasteiger partial charge on any atom is 0.338 e. The van der Waals surface area contributed by atoms with Gasteiger partial charge in [0.15, 0.2) is 0 Å². The zero-order chi connectivity index (χ0) is 15.5. The maximum absolute atomic E-state index is 12.0. The van der Waals surface area contributed by atoms with Crippen molar-refractivity contribution in [2.24, 2.45) is 0 Å². The average Bonchev–Trinajstić information content (AvgIpc) is 3.18. The maximum atomic E-state index is 12.0. The van der Waals surface area contributed by atoms with E-state index in [1.165, 1.54) is 17.4 Å². The van der Waals surface area contributed by atoms with Gasteiger partial charge < -0.3 is 9.84 Å². The molecule has 0 bridgehead atoms. The summed E-state index contributed by atoms with van der Waals surface area (Å²) < 4.78 is 5.24. The first-order chi connectivity index (χ1) is 10.6. The van der Waals surface area contributed by atoms with E-state index in [4.69, 9.17) is 4.74 Å². The quantitative estimate of drug-likeness (QED) is 0.726.